The van der Waals surface area contributed by atoms with E-state index >= 15 is 0 Å². The molecule has 3 aromatic heterocycles. The van der Waals surface area contributed by atoms with E-state index in [4.69, 9.17) is 4.74 Å². The van der Waals surface area contributed by atoms with Crippen molar-refractivity contribution in [3.8, 4) is 16.2 Å². The quantitative estimate of drug-likeness (QED) is 0.365. The zero-order valence-electron chi connectivity index (χ0n) is 15.3. The Morgan fingerprint density at radius 2 is 1.86 bits per heavy atom. The van der Waals surface area contributed by atoms with Crippen LogP contribution in [-0.4, -0.2) is 22.1 Å². The van der Waals surface area contributed by atoms with Gasteiger partial charge in [-0.15, -0.1) is 22.7 Å². The number of hydrogen-bond donors (Lipinski definition) is 1. The number of aromatic amines is 1. The second-order valence-electron chi connectivity index (χ2n) is 6.30. The number of thiophene rings is 1. The molecule has 5 nitrogen and oxygen atoms in total. The fraction of sp³-hybridized carbons (Fsp3) is 0.0952. The van der Waals surface area contributed by atoms with Crippen LogP contribution in [0.3, 0.4) is 0 Å². The number of methoxy groups -OCH3 is 1. The summed E-state index contributed by atoms with van der Waals surface area (Å²) in [6.45, 7) is 0. The van der Waals surface area contributed by atoms with Crippen LogP contribution in [0.15, 0.2) is 63.7 Å². The zero-order valence-corrected chi connectivity index (χ0v) is 17.8. The molecule has 29 heavy (non-hydrogen) atoms. The van der Waals surface area contributed by atoms with E-state index in [1.54, 1.807) is 30.2 Å². The standard InChI is InChI=1S/C21H15N3O2S3/c1-26-13-8-6-12(7-9-13)17-10-15-19(28-17)20(25)24-18(22-15)11-27-21-23-14-4-2-3-5-16(14)29-21/h2-10H,11H2,1H3,(H,22,24,25). The summed E-state index contributed by atoms with van der Waals surface area (Å²) in [4.78, 5) is 25.8. The van der Waals surface area contributed by atoms with Gasteiger partial charge in [-0.2, -0.15) is 0 Å². The van der Waals surface area contributed by atoms with E-state index < -0.39 is 0 Å². The van der Waals surface area contributed by atoms with Crippen molar-refractivity contribution >= 4 is 54.9 Å². The fourth-order valence-electron chi connectivity index (χ4n) is 3.00. The molecule has 5 aromatic rings. The molecule has 0 unspecified atom stereocenters. The van der Waals surface area contributed by atoms with Crippen LogP contribution in [-0.2, 0) is 5.75 Å². The first-order chi connectivity index (χ1) is 14.2. The SMILES string of the molecule is COc1ccc(-c2cc3nc(CSc4nc5ccccc5s4)[nH]c(=O)c3s2)cc1. The lowest BCUT2D eigenvalue weighted by Crippen LogP contribution is -2.09. The molecule has 1 N–H and O–H groups in total. The first-order valence-electron chi connectivity index (χ1n) is 8.85. The molecule has 0 aliphatic heterocycles. The molecule has 0 aliphatic rings. The zero-order chi connectivity index (χ0) is 19.8. The van der Waals surface area contributed by atoms with Gasteiger partial charge in [-0.25, -0.2) is 9.97 Å². The smallest absolute Gasteiger partial charge is 0.268 e. The largest absolute Gasteiger partial charge is 0.497 e. The molecular weight excluding hydrogens is 422 g/mol. The maximum atomic E-state index is 12.6. The third-order valence-electron chi connectivity index (χ3n) is 4.41. The van der Waals surface area contributed by atoms with Gasteiger partial charge in [0.25, 0.3) is 5.56 Å². The van der Waals surface area contributed by atoms with Crippen LogP contribution < -0.4 is 10.3 Å². The number of thioether (sulfide) groups is 1. The number of nitrogens with zero attached hydrogens (tertiary/aromatic N) is 2. The minimum absolute atomic E-state index is 0.0975. The van der Waals surface area contributed by atoms with Crippen LogP contribution in [0.2, 0.25) is 0 Å². The lowest BCUT2D eigenvalue weighted by Gasteiger charge is -2.00. The molecule has 0 spiro atoms. The highest BCUT2D eigenvalue weighted by Gasteiger charge is 2.12. The Morgan fingerprint density at radius 3 is 2.66 bits per heavy atom. The summed E-state index contributed by atoms with van der Waals surface area (Å²) < 4.78 is 7.99. The third kappa shape index (κ3) is 3.66. The van der Waals surface area contributed by atoms with Crippen molar-refractivity contribution < 1.29 is 4.74 Å². The summed E-state index contributed by atoms with van der Waals surface area (Å²) >= 11 is 4.69. The van der Waals surface area contributed by atoms with Gasteiger partial charge in [0.2, 0.25) is 0 Å². The Morgan fingerprint density at radius 1 is 1.03 bits per heavy atom. The van der Waals surface area contributed by atoms with Gasteiger partial charge in [0.15, 0.2) is 4.34 Å². The second kappa shape index (κ2) is 7.62. The number of hydrogen-bond acceptors (Lipinski definition) is 7. The molecule has 8 heteroatoms. The van der Waals surface area contributed by atoms with Crippen LogP contribution in [0.4, 0.5) is 0 Å². The molecule has 0 atom stereocenters. The number of thiazole rings is 1. The summed E-state index contributed by atoms with van der Waals surface area (Å²) in [5, 5.41) is 0. The molecule has 3 heterocycles. The molecule has 5 rings (SSSR count). The van der Waals surface area contributed by atoms with Crippen LogP contribution in [0, 0.1) is 0 Å². The molecule has 0 saturated carbocycles. The molecule has 0 bridgehead atoms. The number of fused-ring (bicyclic) bond motifs is 2. The predicted molar refractivity (Wildman–Crippen MR) is 121 cm³/mol. The van der Waals surface area contributed by atoms with Crippen molar-refractivity contribution in [3.05, 3.63) is 70.8 Å². The highest BCUT2D eigenvalue weighted by Crippen LogP contribution is 2.33. The van der Waals surface area contributed by atoms with Gasteiger partial charge < -0.3 is 9.72 Å². The van der Waals surface area contributed by atoms with E-state index in [1.807, 2.05) is 48.5 Å². The van der Waals surface area contributed by atoms with Gasteiger partial charge in [-0.3, -0.25) is 4.79 Å². The van der Waals surface area contributed by atoms with Crippen molar-refractivity contribution in [1.29, 1.82) is 0 Å². The second-order valence-corrected chi connectivity index (χ2v) is 9.61. The number of benzene rings is 2. The summed E-state index contributed by atoms with van der Waals surface area (Å²) in [5.41, 5.74) is 2.67. The summed E-state index contributed by atoms with van der Waals surface area (Å²) in [6, 6.07) is 17.9. The number of para-hydroxylation sites is 1. The number of aromatic nitrogens is 3. The maximum Gasteiger partial charge on any atom is 0.268 e. The topological polar surface area (TPSA) is 67.9 Å². The molecule has 2 aromatic carbocycles. The van der Waals surface area contributed by atoms with E-state index in [-0.39, 0.29) is 5.56 Å². The number of ether oxygens (including phenoxy) is 1. The van der Waals surface area contributed by atoms with Gasteiger partial charge in [0.1, 0.15) is 16.3 Å². The molecule has 0 saturated heterocycles. The number of nitrogens with one attached hydrogen (secondary N) is 1. The Kier molecular flexibility index (Phi) is 4.83. The van der Waals surface area contributed by atoms with E-state index in [0.717, 1.165) is 36.3 Å². The van der Waals surface area contributed by atoms with Crippen LogP contribution >= 0.6 is 34.4 Å². The van der Waals surface area contributed by atoms with Gasteiger partial charge in [-0.05, 0) is 48.0 Å². The van der Waals surface area contributed by atoms with E-state index in [2.05, 4.69) is 21.0 Å². The van der Waals surface area contributed by atoms with Crippen LogP contribution in [0.5, 0.6) is 5.75 Å². The van der Waals surface area contributed by atoms with Crippen LogP contribution in [0.25, 0.3) is 30.9 Å². The molecule has 0 radical (unpaired) electrons. The Bertz CT molecular complexity index is 1340. The first-order valence-corrected chi connectivity index (χ1v) is 11.5. The highest BCUT2D eigenvalue weighted by molar-refractivity contribution is 8.00. The summed E-state index contributed by atoms with van der Waals surface area (Å²) in [6.07, 6.45) is 0. The molecule has 144 valence electrons. The summed E-state index contributed by atoms with van der Waals surface area (Å²) in [5.74, 6) is 2.03. The maximum absolute atomic E-state index is 12.6. The average Bonchev–Trinajstić information content (AvgIpc) is 3.36. The summed E-state index contributed by atoms with van der Waals surface area (Å²) in [7, 11) is 1.64. The lowest BCUT2D eigenvalue weighted by atomic mass is 10.2. The van der Waals surface area contributed by atoms with Gasteiger partial charge >= 0.3 is 0 Å². The average molecular weight is 438 g/mol. The molecule has 0 aliphatic carbocycles. The van der Waals surface area contributed by atoms with Crippen molar-refractivity contribution in [3.63, 3.8) is 0 Å². The third-order valence-corrected chi connectivity index (χ3v) is 7.78. The number of rotatable bonds is 5. The lowest BCUT2D eigenvalue weighted by molar-refractivity contribution is 0.415. The molecule has 0 amide bonds. The Balaban J connectivity index is 1.42. The molecular formula is C21H15N3O2S3. The van der Waals surface area contributed by atoms with Crippen molar-refractivity contribution in [2.45, 2.75) is 10.1 Å². The van der Waals surface area contributed by atoms with Crippen molar-refractivity contribution in [1.82, 2.24) is 15.0 Å². The van der Waals surface area contributed by atoms with Gasteiger partial charge in [0.05, 0.1) is 28.6 Å². The normalized spacial score (nSPS) is 11.3. The van der Waals surface area contributed by atoms with Gasteiger partial charge in [-0.1, -0.05) is 23.9 Å². The number of H-pyrrole nitrogens is 1. The Labute approximate surface area is 178 Å². The van der Waals surface area contributed by atoms with Gasteiger partial charge in [0, 0.05) is 4.88 Å². The highest BCUT2D eigenvalue weighted by atomic mass is 32.2. The predicted octanol–water partition coefficient (Wildman–Crippen LogP) is 5.56. The van der Waals surface area contributed by atoms with E-state index in [0.29, 0.717) is 16.3 Å². The minimum atomic E-state index is -0.0975. The van der Waals surface area contributed by atoms with Crippen molar-refractivity contribution in [2.24, 2.45) is 0 Å². The Hall–Kier alpha value is -2.68. The van der Waals surface area contributed by atoms with Crippen molar-refractivity contribution in [2.75, 3.05) is 7.11 Å². The monoisotopic (exact) mass is 437 g/mol. The fourth-order valence-corrected chi connectivity index (χ4v) is 5.93. The minimum Gasteiger partial charge on any atom is -0.497 e. The first kappa shape index (κ1) is 18.4. The van der Waals surface area contributed by atoms with E-state index in [9.17, 15) is 4.79 Å². The molecule has 0 fully saturated rings. The van der Waals surface area contributed by atoms with E-state index in [1.165, 1.54) is 11.3 Å². The van der Waals surface area contributed by atoms with Crippen LogP contribution in [0.1, 0.15) is 5.82 Å².